The smallest absolute Gasteiger partial charge is 0.0727 e. The first-order valence-electron chi connectivity index (χ1n) is 6.44. The molecule has 3 rings (SSSR count). The van der Waals surface area contributed by atoms with Gasteiger partial charge in [-0.25, -0.2) is 0 Å². The molecule has 1 aliphatic carbocycles. The Morgan fingerprint density at radius 3 is 3.11 bits per heavy atom. The largest absolute Gasteiger partial charge is 0.328 e. The number of hydrogen-bond donors (Lipinski definition) is 1. The van der Waals surface area contributed by atoms with Gasteiger partial charge in [-0.2, -0.15) is 0 Å². The van der Waals surface area contributed by atoms with Crippen LogP contribution in [0.2, 0.25) is 5.02 Å². The summed E-state index contributed by atoms with van der Waals surface area (Å²) in [5.41, 5.74) is 7.27. The van der Waals surface area contributed by atoms with Crippen molar-refractivity contribution in [3.8, 4) is 0 Å². The van der Waals surface area contributed by atoms with E-state index in [2.05, 4.69) is 6.07 Å². The van der Waals surface area contributed by atoms with Crippen LogP contribution in [0, 0.1) is 0 Å². The van der Waals surface area contributed by atoms with E-state index in [0.717, 1.165) is 30.7 Å². The topological polar surface area (TPSA) is 38.4 Å². The number of fused-ring (bicyclic) bond motifs is 1. The van der Waals surface area contributed by atoms with Crippen molar-refractivity contribution >= 4 is 28.4 Å². The van der Waals surface area contributed by atoms with E-state index in [9.17, 15) is 0 Å². The van der Waals surface area contributed by atoms with Crippen molar-refractivity contribution in [2.75, 3.05) is 0 Å². The lowest BCUT2D eigenvalue weighted by atomic mass is 9.92. The Balaban J connectivity index is 1.68. The number of nitrogens with zero attached hydrogens (tertiary/aromatic N) is 1. The van der Waals surface area contributed by atoms with Gasteiger partial charge >= 0.3 is 0 Å². The summed E-state index contributed by atoms with van der Waals surface area (Å²) in [6, 6.07) is 8.93. The van der Waals surface area contributed by atoms with Crippen LogP contribution in [0.1, 0.15) is 24.8 Å². The second kappa shape index (κ2) is 5.24. The van der Waals surface area contributed by atoms with E-state index in [4.69, 9.17) is 22.3 Å². The van der Waals surface area contributed by atoms with Crippen molar-refractivity contribution < 1.29 is 0 Å². The predicted octanol–water partition coefficient (Wildman–Crippen LogP) is 3.28. The van der Waals surface area contributed by atoms with Crippen LogP contribution in [0.15, 0.2) is 29.3 Å². The van der Waals surface area contributed by atoms with E-state index in [1.165, 1.54) is 10.6 Å². The van der Waals surface area contributed by atoms with Crippen molar-refractivity contribution in [2.24, 2.45) is 10.7 Å². The molecule has 1 aromatic rings. The highest BCUT2D eigenvalue weighted by atomic mass is 35.5. The molecule has 0 aromatic heterocycles. The van der Waals surface area contributed by atoms with Gasteiger partial charge in [-0.3, -0.25) is 4.99 Å². The van der Waals surface area contributed by atoms with Crippen molar-refractivity contribution in [3.63, 3.8) is 0 Å². The summed E-state index contributed by atoms with van der Waals surface area (Å²) in [6.07, 6.45) is 4.29. The first-order chi connectivity index (χ1) is 8.70. The lowest BCUT2D eigenvalue weighted by molar-refractivity contribution is 0.411. The van der Waals surface area contributed by atoms with Crippen molar-refractivity contribution in [1.82, 2.24) is 0 Å². The summed E-state index contributed by atoms with van der Waals surface area (Å²) in [7, 11) is 0. The molecular formula is C14H17ClN2S. The van der Waals surface area contributed by atoms with Crippen LogP contribution in [-0.4, -0.2) is 22.4 Å². The third-order valence-corrected chi connectivity index (χ3v) is 5.21. The average molecular weight is 281 g/mol. The molecule has 2 N–H and O–H groups in total. The Labute approximate surface area is 117 Å². The molecule has 96 valence electrons. The van der Waals surface area contributed by atoms with Gasteiger partial charge in [0.15, 0.2) is 0 Å². The number of benzene rings is 1. The van der Waals surface area contributed by atoms with Crippen LogP contribution >= 0.6 is 23.4 Å². The molecule has 2 nitrogen and oxygen atoms in total. The molecule has 2 aliphatic rings. The minimum atomic E-state index is 0.375. The minimum absolute atomic E-state index is 0.375. The standard InChI is InChI=1S/C14H17ClN2S/c15-10-3-1-2-9(6-10)7-14-17-12-5-4-11(16)8-13(12)18-14/h1-3,6,11-13H,4-5,7-8,16H2. The zero-order valence-electron chi connectivity index (χ0n) is 10.2. The third kappa shape index (κ3) is 2.73. The van der Waals surface area contributed by atoms with E-state index < -0.39 is 0 Å². The van der Waals surface area contributed by atoms with Gasteiger partial charge in [0.2, 0.25) is 0 Å². The fourth-order valence-corrected chi connectivity index (χ4v) is 4.42. The molecule has 3 atom stereocenters. The lowest BCUT2D eigenvalue weighted by Crippen LogP contribution is -2.35. The second-order valence-corrected chi connectivity index (χ2v) is 6.88. The van der Waals surface area contributed by atoms with Crippen molar-refractivity contribution in [2.45, 2.75) is 43.0 Å². The zero-order valence-corrected chi connectivity index (χ0v) is 11.8. The van der Waals surface area contributed by atoms with Gasteiger partial charge in [0.25, 0.3) is 0 Å². The van der Waals surface area contributed by atoms with Gasteiger partial charge in [-0.05, 0) is 37.0 Å². The first-order valence-corrected chi connectivity index (χ1v) is 7.70. The maximum absolute atomic E-state index is 6.03. The molecule has 1 saturated carbocycles. The molecular weight excluding hydrogens is 264 g/mol. The Hall–Kier alpha value is -0.510. The van der Waals surface area contributed by atoms with E-state index >= 15 is 0 Å². The van der Waals surface area contributed by atoms with Gasteiger partial charge in [0.05, 0.1) is 11.1 Å². The molecule has 1 heterocycles. The molecule has 3 unspecified atom stereocenters. The van der Waals surface area contributed by atoms with Gasteiger partial charge in [-0.1, -0.05) is 23.7 Å². The molecule has 0 bridgehead atoms. The van der Waals surface area contributed by atoms with Gasteiger partial charge < -0.3 is 5.73 Å². The molecule has 1 aliphatic heterocycles. The summed E-state index contributed by atoms with van der Waals surface area (Å²) in [4.78, 5) is 4.85. The normalized spacial score (nSPS) is 31.0. The highest BCUT2D eigenvalue weighted by Crippen LogP contribution is 2.37. The number of nitrogens with two attached hydrogens (primary N) is 1. The highest BCUT2D eigenvalue weighted by molar-refractivity contribution is 8.14. The van der Waals surface area contributed by atoms with Gasteiger partial charge in [0, 0.05) is 22.7 Å². The quantitative estimate of drug-likeness (QED) is 0.903. The van der Waals surface area contributed by atoms with Gasteiger partial charge in [0.1, 0.15) is 0 Å². The minimum Gasteiger partial charge on any atom is -0.328 e. The molecule has 1 fully saturated rings. The number of rotatable bonds is 2. The van der Waals surface area contributed by atoms with E-state index in [1.807, 2.05) is 30.0 Å². The summed E-state index contributed by atoms with van der Waals surface area (Å²) in [6.45, 7) is 0. The fourth-order valence-electron chi connectivity index (χ4n) is 2.72. The van der Waals surface area contributed by atoms with Crippen LogP contribution in [0.3, 0.4) is 0 Å². The molecule has 4 heteroatoms. The first kappa shape index (κ1) is 12.5. The summed E-state index contributed by atoms with van der Waals surface area (Å²) in [5, 5.41) is 2.67. The maximum atomic E-state index is 6.03. The molecule has 0 amide bonds. The molecule has 1 aromatic carbocycles. The Morgan fingerprint density at radius 1 is 1.39 bits per heavy atom. The van der Waals surface area contributed by atoms with E-state index in [1.54, 1.807) is 0 Å². The van der Waals surface area contributed by atoms with E-state index in [0.29, 0.717) is 17.3 Å². The number of hydrogen-bond acceptors (Lipinski definition) is 3. The Morgan fingerprint density at radius 2 is 2.28 bits per heavy atom. The summed E-state index contributed by atoms with van der Waals surface area (Å²) < 4.78 is 0. The van der Waals surface area contributed by atoms with Crippen LogP contribution in [0.25, 0.3) is 0 Å². The monoisotopic (exact) mass is 280 g/mol. The maximum Gasteiger partial charge on any atom is 0.0727 e. The Bertz CT molecular complexity index is 475. The van der Waals surface area contributed by atoms with Crippen molar-refractivity contribution in [3.05, 3.63) is 34.9 Å². The zero-order chi connectivity index (χ0) is 12.5. The SMILES string of the molecule is NC1CCC2N=C(Cc3cccc(Cl)c3)SC2C1. The van der Waals surface area contributed by atoms with Gasteiger partial charge in [-0.15, -0.1) is 11.8 Å². The number of aliphatic imine (C=N–C) groups is 1. The van der Waals surface area contributed by atoms with Crippen LogP contribution in [0.4, 0.5) is 0 Å². The predicted molar refractivity (Wildman–Crippen MR) is 79.6 cm³/mol. The van der Waals surface area contributed by atoms with Crippen LogP contribution in [-0.2, 0) is 6.42 Å². The average Bonchev–Trinajstić information content (AvgIpc) is 2.70. The molecule has 0 spiro atoms. The molecule has 0 radical (unpaired) electrons. The highest BCUT2D eigenvalue weighted by Gasteiger charge is 2.34. The lowest BCUT2D eigenvalue weighted by Gasteiger charge is -2.27. The fraction of sp³-hybridized carbons (Fsp3) is 0.500. The van der Waals surface area contributed by atoms with Crippen molar-refractivity contribution in [1.29, 1.82) is 0 Å². The van der Waals surface area contributed by atoms with Crippen LogP contribution < -0.4 is 5.73 Å². The summed E-state index contributed by atoms with van der Waals surface area (Å²) >= 11 is 7.93. The molecule has 18 heavy (non-hydrogen) atoms. The Kier molecular flexibility index (Phi) is 3.64. The number of thioether (sulfide) groups is 1. The number of halogens is 1. The van der Waals surface area contributed by atoms with Crippen LogP contribution in [0.5, 0.6) is 0 Å². The summed E-state index contributed by atoms with van der Waals surface area (Å²) in [5.74, 6) is 0. The van der Waals surface area contributed by atoms with E-state index in [-0.39, 0.29) is 0 Å². The second-order valence-electron chi connectivity index (χ2n) is 5.13. The third-order valence-electron chi connectivity index (χ3n) is 3.64. The molecule has 0 saturated heterocycles.